The highest BCUT2D eigenvalue weighted by atomic mass is 16.5. The van der Waals surface area contributed by atoms with Crippen LogP contribution in [0.4, 0.5) is 0 Å². The molecule has 11 heavy (non-hydrogen) atoms. The van der Waals surface area contributed by atoms with E-state index in [0.717, 1.165) is 0 Å². The van der Waals surface area contributed by atoms with E-state index >= 15 is 0 Å². The van der Waals surface area contributed by atoms with E-state index in [1.54, 1.807) is 13.0 Å². The zero-order chi connectivity index (χ0) is 8.69. The van der Waals surface area contributed by atoms with Crippen LogP contribution in [0, 0.1) is 11.3 Å². The molecule has 0 amide bonds. The first kappa shape index (κ1) is 9.44. The highest BCUT2D eigenvalue weighted by molar-refractivity contribution is 5.89. The van der Waals surface area contributed by atoms with Crippen molar-refractivity contribution in [2.75, 3.05) is 7.11 Å². The third-order valence-corrected chi connectivity index (χ3v) is 0.944. The fourth-order valence-corrected chi connectivity index (χ4v) is 0.456. The molecule has 58 valence electrons. The number of aliphatic imine (C=N–C) groups is 1. The van der Waals surface area contributed by atoms with Gasteiger partial charge < -0.3 is 4.74 Å². The summed E-state index contributed by atoms with van der Waals surface area (Å²) < 4.78 is 4.81. The second kappa shape index (κ2) is 5.24. The van der Waals surface area contributed by atoms with E-state index in [-0.39, 0.29) is 0 Å². The van der Waals surface area contributed by atoms with E-state index in [1.807, 2.05) is 6.07 Å². The largest absolute Gasteiger partial charge is 0.481 e. The summed E-state index contributed by atoms with van der Waals surface area (Å²) in [6.45, 7) is 5.08. The van der Waals surface area contributed by atoms with Crippen LogP contribution in [0.1, 0.15) is 6.92 Å². The molecular weight excluding hydrogens is 140 g/mol. The number of ether oxygens (including phenoxy) is 1. The predicted octanol–water partition coefficient (Wildman–Crippen LogP) is 1.64. The Morgan fingerprint density at radius 1 is 1.73 bits per heavy atom. The number of nitriles is 1. The zero-order valence-corrected chi connectivity index (χ0v) is 6.66. The van der Waals surface area contributed by atoms with Gasteiger partial charge in [0.2, 0.25) is 5.90 Å². The van der Waals surface area contributed by atoms with E-state index in [1.165, 1.54) is 13.3 Å². The van der Waals surface area contributed by atoms with Crippen LogP contribution in [-0.2, 0) is 4.74 Å². The van der Waals surface area contributed by atoms with Gasteiger partial charge in [-0.3, -0.25) is 0 Å². The molecule has 0 saturated heterocycles. The number of nitrogens with zero attached hydrogens (tertiary/aromatic N) is 2. The number of allylic oxidation sites excluding steroid dienone is 1. The van der Waals surface area contributed by atoms with Crippen LogP contribution in [0.2, 0.25) is 0 Å². The summed E-state index contributed by atoms with van der Waals surface area (Å²) in [5.41, 5.74) is 0.549. The van der Waals surface area contributed by atoms with Crippen LogP contribution in [0.3, 0.4) is 0 Å². The molecule has 0 aliphatic rings. The summed E-state index contributed by atoms with van der Waals surface area (Å²) in [7, 11) is 1.49. The molecule has 0 aromatic rings. The molecule has 0 atom stereocenters. The van der Waals surface area contributed by atoms with E-state index in [0.29, 0.717) is 11.5 Å². The number of methoxy groups -OCH3 is 1. The molecule has 0 saturated carbocycles. The highest BCUT2D eigenvalue weighted by Crippen LogP contribution is 1.92. The molecule has 0 N–H and O–H groups in total. The van der Waals surface area contributed by atoms with E-state index in [4.69, 9.17) is 10.00 Å². The lowest BCUT2D eigenvalue weighted by molar-refractivity contribution is 0.407. The van der Waals surface area contributed by atoms with Gasteiger partial charge in [-0.1, -0.05) is 6.58 Å². The lowest BCUT2D eigenvalue weighted by Gasteiger charge is -1.95. The SMILES string of the molecule is C=CN=C(/C=C(\C)C#N)OC. The lowest BCUT2D eigenvalue weighted by atomic mass is 10.3. The minimum Gasteiger partial charge on any atom is -0.481 e. The van der Waals surface area contributed by atoms with Crippen molar-refractivity contribution in [2.45, 2.75) is 6.92 Å². The topological polar surface area (TPSA) is 45.4 Å². The van der Waals surface area contributed by atoms with Gasteiger partial charge in [0.25, 0.3) is 0 Å². The fourth-order valence-electron chi connectivity index (χ4n) is 0.456. The van der Waals surface area contributed by atoms with Gasteiger partial charge in [-0.05, 0) is 6.92 Å². The molecule has 0 aromatic heterocycles. The number of hydrogen-bond acceptors (Lipinski definition) is 3. The molecule has 0 heterocycles. The van der Waals surface area contributed by atoms with Gasteiger partial charge in [0.15, 0.2) is 0 Å². The Balaban J connectivity index is 4.45. The first-order chi connectivity index (χ1) is 5.24. The summed E-state index contributed by atoms with van der Waals surface area (Å²) >= 11 is 0. The Labute approximate surface area is 66.3 Å². The van der Waals surface area contributed by atoms with Crippen LogP contribution < -0.4 is 0 Å². The van der Waals surface area contributed by atoms with Crippen LogP contribution in [0.25, 0.3) is 0 Å². The average Bonchev–Trinajstić information content (AvgIpc) is 2.03. The van der Waals surface area contributed by atoms with Crippen LogP contribution in [-0.4, -0.2) is 13.0 Å². The molecule has 0 aromatic carbocycles. The number of rotatable bonds is 2. The Bertz CT molecular complexity index is 233. The van der Waals surface area contributed by atoms with E-state index in [9.17, 15) is 0 Å². The molecule has 0 spiro atoms. The van der Waals surface area contributed by atoms with Crippen LogP contribution in [0.15, 0.2) is 29.4 Å². The Morgan fingerprint density at radius 2 is 2.36 bits per heavy atom. The fraction of sp³-hybridized carbons (Fsp3) is 0.250. The second-order valence-electron chi connectivity index (χ2n) is 1.79. The molecule has 3 heteroatoms. The summed E-state index contributed by atoms with van der Waals surface area (Å²) in [4.78, 5) is 3.76. The predicted molar refractivity (Wildman–Crippen MR) is 44.0 cm³/mol. The molecule has 0 radical (unpaired) electrons. The Hall–Kier alpha value is -1.56. The van der Waals surface area contributed by atoms with Crippen molar-refractivity contribution in [3.63, 3.8) is 0 Å². The first-order valence-electron chi connectivity index (χ1n) is 3.05. The van der Waals surface area contributed by atoms with Gasteiger partial charge in [0, 0.05) is 17.8 Å². The second-order valence-corrected chi connectivity index (χ2v) is 1.79. The van der Waals surface area contributed by atoms with Crippen molar-refractivity contribution in [1.82, 2.24) is 0 Å². The molecule has 0 rings (SSSR count). The lowest BCUT2D eigenvalue weighted by Crippen LogP contribution is -1.96. The van der Waals surface area contributed by atoms with E-state index in [2.05, 4.69) is 11.6 Å². The molecule has 0 aliphatic heterocycles. The average molecular weight is 150 g/mol. The maximum absolute atomic E-state index is 8.39. The zero-order valence-electron chi connectivity index (χ0n) is 6.66. The van der Waals surface area contributed by atoms with Crippen LogP contribution >= 0.6 is 0 Å². The van der Waals surface area contributed by atoms with Gasteiger partial charge in [0.1, 0.15) is 0 Å². The van der Waals surface area contributed by atoms with Gasteiger partial charge in [0.05, 0.1) is 13.2 Å². The maximum Gasteiger partial charge on any atom is 0.213 e. The first-order valence-corrected chi connectivity index (χ1v) is 3.05. The number of hydrogen-bond donors (Lipinski definition) is 0. The summed E-state index contributed by atoms with van der Waals surface area (Å²) in [5, 5.41) is 8.39. The van der Waals surface area contributed by atoms with Gasteiger partial charge in [-0.2, -0.15) is 5.26 Å². The third kappa shape index (κ3) is 3.93. The quantitative estimate of drug-likeness (QED) is 0.341. The normalized spacial score (nSPS) is 12.1. The molecule has 3 nitrogen and oxygen atoms in total. The standard InChI is InChI=1S/C8H10N2O/c1-4-10-8(11-3)5-7(2)6-9/h4-5H,1H2,2-3H3/b7-5+,10-8?. The van der Waals surface area contributed by atoms with E-state index < -0.39 is 0 Å². The van der Waals surface area contributed by atoms with Gasteiger partial charge >= 0.3 is 0 Å². The summed E-state index contributed by atoms with van der Waals surface area (Å²) in [5.74, 6) is 0.388. The molecule has 0 fully saturated rings. The maximum atomic E-state index is 8.39. The van der Waals surface area contributed by atoms with Crippen molar-refractivity contribution < 1.29 is 4.74 Å². The van der Waals surface area contributed by atoms with Crippen molar-refractivity contribution in [1.29, 1.82) is 5.26 Å². The minimum absolute atomic E-state index is 0.388. The summed E-state index contributed by atoms with van der Waals surface area (Å²) in [6.07, 6.45) is 2.90. The Kier molecular flexibility index (Phi) is 4.50. The van der Waals surface area contributed by atoms with Gasteiger partial charge in [-0.15, -0.1) is 0 Å². The third-order valence-electron chi connectivity index (χ3n) is 0.944. The van der Waals surface area contributed by atoms with Crippen molar-refractivity contribution in [2.24, 2.45) is 4.99 Å². The van der Waals surface area contributed by atoms with Crippen molar-refractivity contribution >= 4 is 5.90 Å². The van der Waals surface area contributed by atoms with Crippen molar-refractivity contribution in [3.05, 3.63) is 24.4 Å². The van der Waals surface area contributed by atoms with Crippen LogP contribution in [0.5, 0.6) is 0 Å². The Morgan fingerprint density at radius 3 is 2.73 bits per heavy atom. The molecular formula is C8H10N2O. The smallest absolute Gasteiger partial charge is 0.213 e. The molecule has 0 aliphatic carbocycles. The monoisotopic (exact) mass is 150 g/mol. The molecule has 0 unspecified atom stereocenters. The molecule has 0 bridgehead atoms. The summed E-state index contributed by atoms with van der Waals surface area (Å²) in [6, 6.07) is 1.95. The minimum atomic E-state index is 0.388. The highest BCUT2D eigenvalue weighted by Gasteiger charge is 1.91. The van der Waals surface area contributed by atoms with Crippen molar-refractivity contribution in [3.8, 4) is 6.07 Å². The van der Waals surface area contributed by atoms with Gasteiger partial charge in [-0.25, -0.2) is 4.99 Å².